The Kier molecular flexibility index (Phi) is 5.94. The van der Waals surface area contributed by atoms with E-state index in [9.17, 15) is 18.8 Å². The summed E-state index contributed by atoms with van der Waals surface area (Å²) in [7, 11) is 0. The molecule has 1 aliphatic rings. The van der Waals surface area contributed by atoms with Crippen LogP contribution in [0.4, 0.5) is 15.8 Å². The van der Waals surface area contributed by atoms with E-state index in [1.54, 1.807) is 18.2 Å². The molecule has 0 aliphatic carbocycles. The highest BCUT2D eigenvalue weighted by atomic mass is 19.1. The Labute approximate surface area is 165 Å². The number of nitrogens with zero attached hydrogens (tertiary/aromatic N) is 3. The quantitative estimate of drug-likeness (QED) is 0.811. The molecule has 0 saturated heterocycles. The van der Waals surface area contributed by atoms with Crippen molar-refractivity contribution in [1.82, 2.24) is 5.01 Å². The van der Waals surface area contributed by atoms with Crippen LogP contribution < -0.4 is 10.6 Å². The zero-order chi connectivity index (χ0) is 20.8. The molecule has 0 aromatic heterocycles. The number of halogens is 1. The second-order valence-electron chi connectivity index (χ2n) is 6.20. The third kappa shape index (κ3) is 5.23. The van der Waals surface area contributed by atoms with Crippen LogP contribution in [0.1, 0.15) is 18.4 Å². The summed E-state index contributed by atoms with van der Waals surface area (Å²) in [6, 6.07) is 13.5. The molecule has 0 saturated carbocycles. The number of hydrazone groups is 1. The van der Waals surface area contributed by atoms with Crippen molar-refractivity contribution in [2.75, 3.05) is 17.2 Å². The van der Waals surface area contributed by atoms with Gasteiger partial charge in [0.25, 0.3) is 5.91 Å². The fourth-order valence-corrected chi connectivity index (χ4v) is 2.63. The lowest BCUT2D eigenvalue weighted by molar-refractivity contribution is -0.135. The van der Waals surface area contributed by atoms with E-state index in [1.165, 1.54) is 30.3 Å². The number of hydrogen-bond donors (Lipinski definition) is 2. The maximum absolute atomic E-state index is 13.0. The summed E-state index contributed by atoms with van der Waals surface area (Å²) in [5, 5.41) is 19.0. The van der Waals surface area contributed by atoms with Crippen molar-refractivity contribution < 1.29 is 18.8 Å². The number of carbonyl (C=O) groups excluding carboxylic acids is 3. The minimum Gasteiger partial charge on any atom is -0.324 e. The second kappa shape index (κ2) is 8.75. The fraction of sp³-hybridized carbons (Fsp3) is 0.150. The summed E-state index contributed by atoms with van der Waals surface area (Å²) >= 11 is 0. The summed E-state index contributed by atoms with van der Waals surface area (Å²) < 4.78 is 13.0. The average molecular weight is 393 g/mol. The number of nitrogens with one attached hydrogen (secondary N) is 2. The number of nitriles is 1. The highest BCUT2D eigenvalue weighted by Gasteiger charge is 2.26. The normalized spacial score (nSPS) is 13.3. The van der Waals surface area contributed by atoms with Gasteiger partial charge in [0.1, 0.15) is 18.1 Å². The molecule has 3 rings (SSSR count). The molecule has 1 aliphatic heterocycles. The highest BCUT2D eigenvalue weighted by Crippen LogP contribution is 2.14. The molecule has 0 atom stereocenters. The molecule has 3 amide bonds. The van der Waals surface area contributed by atoms with Crippen molar-refractivity contribution >= 4 is 34.8 Å². The molecule has 0 unspecified atom stereocenters. The van der Waals surface area contributed by atoms with Gasteiger partial charge in [-0.2, -0.15) is 10.4 Å². The lowest BCUT2D eigenvalue weighted by Gasteiger charge is -2.22. The van der Waals surface area contributed by atoms with Gasteiger partial charge in [0.15, 0.2) is 0 Å². The molecule has 8 nitrogen and oxygen atoms in total. The molecule has 2 aromatic rings. The Morgan fingerprint density at radius 3 is 2.59 bits per heavy atom. The third-order valence-corrected chi connectivity index (χ3v) is 4.04. The van der Waals surface area contributed by atoms with E-state index in [-0.39, 0.29) is 31.0 Å². The largest absolute Gasteiger partial charge is 0.324 e. The Bertz CT molecular complexity index is 1030. The predicted molar refractivity (Wildman–Crippen MR) is 103 cm³/mol. The maximum atomic E-state index is 13.0. The molecule has 2 N–H and O–H groups in total. The number of amides is 3. The van der Waals surface area contributed by atoms with E-state index in [0.717, 1.165) is 5.01 Å². The zero-order valence-electron chi connectivity index (χ0n) is 15.2. The molecular formula is C20H16FN5O3. The van der Waals surface area contributed by atoms with Crippen molar-refractivity contribution in [3.8, 4) is 6.07 Å². The fourth-order valence-electron chi connectivity index (χ4n) is 2.63. The van der Waals surface area contributed by atoms with Gasteiger partial charge in [-0.3, -0.25) is 14.4 Å². The van der Waals surface area contributed by atoms with Gasteiger partial charge in [-0.25, -0.2) is 9.40 Å². The molecule has 9 heteroatoms. The first kappa shape index (κ1) is 19.7. The number of rotatable bonds is 5. The number of anilines is 2. The van der Waals surface area contributed by atoms with E-state index >= 15 is 0 Å². The van der Waals surface area contributed by atoms with Crippen LogP contribution in [-0.4, -0.2) is 35.0 Å². The SMILES string of the molecule is N#Cc1cccc(NC(=O)CN2N=C(C(=O)Nc3ccc(F)cc3)CCC2=O)c1. The summed E-state index contributed by atoms with van der Waals surface area (Å²) in [5.74, 6) is -1.86. The topological polar surface area (TPSA) is 115 Å². The Hall–Kier alpha value is -4.06. The average Bonchev–Trinajstić information content (AvgIpc) is 2.71. The van der Waals surface area contributed by atoms with Crippen molar-refractivity contribution in [1.29, 1.82) is 5.26 Å². The van der Waals surface area contributed by atoms with Crippen LogP contribution in [0, 0.1) is 17.1 Å². The second-order valence-corrected chi connectivity index (χ2v) is 6.20. The molecule has 0 radical (unpaired) electrons. The number of benzene rings is 2. The molecular weight excluding hydrogens is 377 g/mol. The van der Waals surface area contributed by atoms with Gasteiger partial charge in [-0.1, -0.05) is 6.07 Å². The first-order valence-corrected chi connectivity index (χ1v) is 8.69. The Balaban J connectivity index is 1.65. The first-order chi connectivity index (χ1) is 13.9. The Morgan fingerprint density at radius 2 is 1.86 bits per heavy atom. The summed E-state index contributed by atoms with van der Waals surface area (Å²) in [6.07, 6.45) is 0.168. The highest BCUT2D eigenvalue weighted by molar-refractivity contribution is 6.43. The van der Waals surface area contributed by atoms with Crippen LogP contribution in [0.3, 0.4) is 0 Å². The van der Waals surface area contributed by atoms with Gasteiger partial charge < -0.3 is 10.6 Å². The van der Waals surface area contributed by atoms with Gasteiger partial charge in [-0.05, 0) is 42.5 Å². The van der Waals surface area contributed by atoms with Crippen molar-refractivity contribution in [3.63, 3.8) is 0 Å². The van der Waals surface area contributed by atoms with Crippen molar-refractivity contribution in [2.45, 2.75) is 12.8 Å². The Morgan fingerprint density at radius 1 is 1.10 bits per heavy atom. The first-order valence-electron chi connectivity index (χ1n) is 8.69. The van der Waals surface area contributed by atoms with Crippen LogP contribution in [0.5, 0.6) is 0 Å². The van der Waals surface area contributed by atoms with E-state index in [2.05, 4.69) is 15.7 Å². The van der Waals surface area contributed by atoms with E-state index in [0.29, 0.717) is 16.9 Å². The van der Waals surface area contributed by atoms with Crippen LogP contribution in [-0.2, 0) is 14.4 Å². The van der Waals surface area contributed by atoms with Gasteiger partial charge >= 0.3 is 0 Å². The lowest BCUT2D eigenvalue weighted by atomic mass is 10.1. The van der Waals surface area contributed by atoms with Gasteiger partial charge in [0.05, 0.1) is 11.6 Å². The van der Waals surface area contributed by atoms with Crippen molar-refractivity contribution in [2.24, 2.45) is 5.10 Å². The number of carbonyl (C=O) groups is 3. The molecule has 0 fully saturated rings. The molecule has 2 aromatic carbocycles. The molecule has 1 heterocycles. The van der Waals surface area contributed by atoms with Crippen LogP contribution in [0.2, 0.25) is 0 Å². The summed E-state index contributed by atoms with van der Waals surface area (Å²) in [5.41, 5.74) is 1.28. The smallest absolute Gasteiger partial charge is 0.271 e. The van der Waals surface area contributed by atoms with Crippen LogP contribution in [0.15, 0.2) is 53.6 Å². The minimum absolute atomic E-state index is 0.0346. The van der Waals surface area contributed by atoms with E-state index in [1.807, 2.05) is 6.07 Å². The zero-order valence-corrected chi connectivity index (χ0v) is 15.2. The summed E-state index contributed by atoms with van der Waals surface area (Å²) in [6.45, 7) is -0.372. The molecule has 146 valence electrons. The predicted octanol–water partition coefficient (Wildman–Crippen LogP) is 2.25. The van der Waals surface area contributed by atoms with Gasteiger partial charge in [-0.15, -0.1) is 0 Å². The van der Waals surface area contributed by atoms with Crippen LogP contribution >= 0.6 is 0 Å². The van der Waals surface area contributed by atoms with Gasteiger partial charge in [0.2, 0.25) is 11.8 Å². The summed E-state index contributed by atoms with van der Waals surface area (Å²) in [4.78, 5) is 36.6. The van der Waals surface area contributed by atoms with E-state index in [4.69, 9.17) is 5.26 Å². The van der Waals surface area contributed by atoms with Crippen molar-refractivity contribution in [3.05, 3.63) is 59.9 Å². The third-order valence-electron chi connectivity index (χ3n) is 4.04. The van der Waals surface area contributed by atoms with Gasteiger partial charge in [0, 0.05) is 24.2 Å². The van der Waals surface area contributed by atoms with Crippen LogP contribution in [0.25, 0.3) is 0 Å². The maximum Gasteiger partial charge on any atom is 0.271 e. The lowest BCUT2D eigenvalue weighted by Crippen LogP contribution is -2.40. The molecule has 0 spiro atoms. The number of hydrogen-bond acceptors (Lipinski definition) is 5. The molecule has 0 bridgehead atoms. The minimum atomic E-state index is -0.531. The molecule has 29 heavy (non-hydrogen) atoms. The monoisotopic (exact) mass is 393 g/mol. The van der Waals surface area contributed by atoms with E-state index < -0.39 is 17.6 Å². The standard InChI is InChI=1S/C20H16FN5O3/c21-14-4-6-15(7-5-14)24-20(29)17-8-9-19(28)26(25-17)12-18(27)23-16-3-1-2-13(10-16)11-22/h1-7,10H,8-9,12H2,(H,23,27)(H,24,29).